The van der Waals surface area contributed by atoms with Gasteiger partial charge in [-0.05, 0) is 45.2 Å². The summed E-state index contributed by atoms with van der Waals surface area (Å²) in [5.74, 6) is -0.841. The highest BCUT2D eigenvalue weighted by molar-refractivity contribution is 6.01. The van der Waals surface area contributed by atoms with Gasteiger partial charge < -0.3 is 14.8 Å². The number of hydrogen-bond acceptors (Lipinski definition) is 4. The van der Waals surface area contributed by atoms with Crippen molar-refractivity contribution in [1.29, 1.82) is 0 Å². The van der Waals surface area contributed by atoms with Gasteiger partial charge in [-0.2, -0.15) is 0 Å². The molecule has 2 rings (SSSR count). The van der Waals surface area contributed by atoms with Crippen molar-refractivity contribution in [3.8, 4) is 0 Å². The molecule has 0 unspecified atom stereocenters. The van der Waals surface area contributed by atoms with Crippen LogP contribution in [0.3, 0.4) is 0 Å². The Kier molecular flexibility index (Phi) is 5.80. The molecule has 0 radical (unpaired) electrons. The van der Waals surface area contributed by atoms with Gasteiger partial charge in [-0.25, -0.2) is 4.79 Å². The minimum Gasteiger partial charge on any atom is -0.450 e. The van der Waals surface area contributed by atoms with Crippen molar-refractivity contribution in [2.45, 2.75) is 53.2 Å². The maximum atomic E-state index is 12.4. The number of aliphatic hydroxyl groups is 1. The molecule has 0 saturated heterocycles. The second-order valence-corrected chi connectivity index (χ2v) is 6.30. The maximum Gasteiger partial charge on any atom is 0.355 e. The fourth-order valence-electron chi connectivity index (χ4n) is 3.01. The number of ether oxygens (including phenoxy) is 1. The molecular formula is C20H25NO4. The Morgan fingerprint density at radius 3 is 2.24 bits per heavy atom. The summed E-state index contributed by atoms with van der Waals surface area (Å²) >= 11 is 0. The summed E-state index contributed by atoms with van der Waals surface area (Å²) in [5.41, 5.74) is 3.97. The van der Waals surface area contributed by atoms with Gasteiger partial charge >= 0.3 is 5.97 Å². The first kappa shape index (κ1) is 18.9. The number of esters is 1. The Labute approximate surface area is 148 Å². The zero-order valence-corrected chi connectivity index (χ0v) is 15.3. The van der Waals surface area contributed by atoms with Gasteiger partial charge in [-0.3, -0.25) is 4.79 Å². The molecule has 0 bridgehead atoms. The van der Waals surface area contributed by atoms with Crippen LogP contribution >= 0.6 is 0 Å². The lowest BCUT2D eigenvalue weighted by Crippen LogP contribution is -2.25. The number of aromatic amines is 1. The van der Waals surface area contributed by atoms with E-state index in [1.165, 1.54) is 0 Å². The monoisotopic (exact) mass is 343 g/mol. The normalized spacial score (nSPS) is 13.4. The van der Waals surface area contributed by atoms with Gasteiger partial charge in [0.1, 0.15) is 5.69 Å². The number of carbonyl (C=O) groups is 2. The van der Waals surface area contributed by atoms with Crippen LogP contribution in [0.1, 0.15) is 70.1 Å². The zero-order chi connectivity index (χ0) is 18.7. The summed E-state index contributed by atoms with van der Waals surface area (Å²) in [4.78, 5) is 27.8. The van der Waals surface area contributed by atoms with Crippen molar-refractivity contribution >= 4 is 11.8 Å². The molecule has 1 heterocycles. The standard InChI is InChI=1S/C20H25NO4/c1-6-15-7-9-16(10-8-15)19(23)14(5)25-20(24)18-11(2)17(13(4)22)12(3)21-18/h7-10,13-14,21-22H,6H2,1-5H3/t13-,14+/m0/s1. The summed E-state index contributed by atoms with van der Waals surface area (Å²) in [5, 5.41) is 9.82. The maximum absolute atomic E-state index is 12.4. The fraction of sp³-hybridized carbons (Fsp3) is 0.400. The van der Waals surface area contributed by atoms with E-state index >= 15 is 0 Å². The molecule has 0 aliphatic carbocycles. The largest absolute Gasteiger partial charge is 0.450 e. The van der Waals surface area contributed by atoms with Crippen LogP contribution in [0.25, 0.3) is 0 Å². The molecule has 2 atom stereocenters. The van der Waals surface area contributed by atoms with Crippen LogP contribution in [-0.4, -0.2) is 27.9 Å². The first-order chi connectivity index (χ1) is 11.8. The second-order valence-electron chi connectivity index (χ2n) is 6.30. The number of aryl methyl sites for hydroxylation is 2. The molecule has 0 amide bonds. The number of carbonyl (C=O) groups excluding carboxylic acids is 2. The van der Waals surface area contributed by atoms with Crippen LogP contribution < -0.4 is 0 Å². The Balaban J connectivity index is 2.14. The smallest absolute Gasteiger partial charge is 0.355 e. The molecule has 25 heavy (non-hydrogen) atoms. The van der Waals surface area contributed by atoms with Gasteiger partial charge in [-0.15, -0.1) is 0 Å². The van der Waals surface area contributed by atoms with Gasteiger partial charge in [0, 0.05) is 16.8 Å². The summed E-state index contributed by atoms with van der Waals surface area (Å²) in [6, 6.07) is 7.30. The van der Waals surface area contributed by atoms with E-state index in [1.54, 1.807) is 39.8 Å². The number of ketones is 1. The Morgan fingerprint density at radius 2 is 1.76 bits per heavy atom. The highest BCUT2D eigenvalue weighted by Gasteiger charge is 2.25. The van der Waals surface area contributed by atoms with E-state index in [1.807, 2.05) is 19.1 Å². The third-order valence-corrected chi connectivity index (χ3v) is 4.42. The van der Waals surface area contributed by atoms with E-state index in [9.17, 15) is 14.7 Å². The van der Waals surface area contributed by atoms with Crippen molar-refractivity contribution < 1.29 is 19.4 Å². The number of aliphatic hydroxyl groups excluding tert-OH is 1. The zero-order valence-electron chi connectivity index (χ0n) is 15.3. The Hall–Kier alpha value is -2.40. The van der Waals surface area contributed by atoms with Gasteiger partial charge in [0.15, 0.2) is 6.10 Å². The molecular weight excluding hydrogens is 318 g/mol. The first-order valence-corrected chi connectivity index (χ1v) is 8.47. The molecule has 0 fully saturated rings. The number of rotatable bonds is 6. The van der Waals surface area contributed by atoms with Crippen LogP contribution in [0.5, 0.6) is 0 Å². The summed E-state index contributed by atoms with van der Waals surface area (Å²) < 4.78 is 5.34. The number of benzene rings is 1. The van der Waals surface area contributed by atoms with E-state index in [-0.39, 0.29) is 11.5 Å². The first-order valence-electron chi connectivity index (χ1n) is 8.47. The molecule has 1 aromatic heterocycles. The lowest BCUT2D eigenvalue weighted by atomic mass is 10.0. The topological polar surface area (TPSA) is 79.4 Å². The van der Waals surface area contributed by atoms with Crippen molar-refractivity contribution in [2.24, 2.45) is 0 Å². The molecule has 0 saturated carbocycles. The molecule has 5 heteroatoms. The van der Waals surface area contributed by atoms with Gasteiger partial charge in [-0.1, -0.05) is 31.2 Å². The number of Topliss-reactive ketones (excluding diaryl/α,β-unsaturated/α-hetero) is 1. The third-order valence-electron chi connectivity index (χ3n) is 4.42. The molecule has 1 aromatic carbocycles. The van der Waals surface area contributed by atoms with Crippen molar-refractivity contribution in [3.05, 3.63) is 57.9 Å². The molecule has 134 valence electrons. The highest BCUT2D eigenvalue weighted by Crippen LogP contribution is 2.25. The van der Waals surface area contributed by atoms with Crippen LogP contribution in [0.2, 0.25) is 0 Å². The van der Waals surface area contributed by atoms with E-state index in [0.717, 1.165) is 12.0 Å². The lowest BCUT2D eigenvalue weighted by molar-refractivity contribution is 0.0313. The van der Waals surface area contributed by atoms with Gasteiger partial charge in [0.25, 0.3) is 0 Å². The Morgan fingerprint density at radius 1 is 1.16 bits per heavy atom. The third kappa shape index (κ3) is 3.99. The Bertz CT molecular complexity index is 772. The molecule has 2 aromatic rings. The number of H-pyrrole nitrogens is 1. The van der Waals surface area contributed by atoms with Crippen molar-refractivity contribution in [2.75, 3.05) is 0 Å². The predicted octanol–water partition coefficient (Wildman–Crippen LogP) is 3.68. The second kappa shape index (κ2) is 7.66. The SMILES string of the molecule is CCc1ccc(C(=O)[C@@H](C)OC(=O)c2[nH]c(C)c([C@H](C)O)c2C)cc1. The van der Waals surface area contributed by atoms with E-state index in [4.69, 9.17) is 4.74 Å². The minimum absolute atomic E-state index is 0.243. The molecule has 5 nitrogen and oxygen atoms in total. The van der Waals surface area contributed by atoms with E-state index in [2.05, 4.69) is 4.98 Å². The van der Waals surface area contributed by atoms with E-state index < -0.39 is 18.2 Å². The average molecular weight is 343 g/mol. The predicted molar refractivity (Wildman–Crippen MR) is 95.9 cm³/mol. The minimum atomic E-state index is -0.891. The summed E-state index contributed by atoms with van der Waals surface area (Å²) in [6.07, 6.45) is -0.678. The van der Waals surface area contributed by atoms with Crippen LogP contribution in [0.4, 0.5) is 0 Å². The number of aromatic nitrogens is 1. The van der Waals surface area contributed by atoms with Crippen LogP contribution in [-0.2, 0) is 11.2 Å². The summed E-state index contributed by atoms with van der Waals surface area (Å²) in [6.45, 7) is 8.79. The molecule has 0 aliphatic heterocycles. The lowest BCUT2D eigenvalue weighted by Gasteiger charge is -2.13. The van der Waals surface area contributed by atoms with E-state index in [0.29, 0.717) is 22.4 Å². The van der Waals surface area contributed by atoms with Crippen molar-refractivity contribution in [3.63, 3.8) is 0 Å². The molecule has 0 aliphatic rings. The highest BCUT2D eigenvalue weighted by atomic mass is 16.5. The number of nitrogens with one attached hydrogen (secondary N) is 1. The van der Waals surface area contributed by atoms with Crippen molar-refractivity contribution in [1.82, 2.24) is 4.98 Å². The fourth-order valence-corrected chi connectivity index (χ4v) is 3.01. The van der Waals surface area contributed by atoms with Crippen LogP contribution in [0.15, 0.2) is 24.3 Å². The molecule has 0 spiro atoms. The molecule has 2 N–H and O–H groups in total. The van der Waals surface area contributed by atoms with Gasteiger partial charge in [0.05, 0.1) is 6.10 Å². The summed E-state index contributed by atoms with van der Waals surface area (Å²) in [7, 11) is 0. The van der Waals surface area contributed by atoms with Gasteiger partial charge in [0.2, 0.25) is 5.78 Å². The number of hydrogen-bond donors (Lipinski definition) is 2. The quantitative estimate of drug-likeness (QED) is 0.619. The van der Waals surface area contributed by atoms with Crippen LogP contribution in [0, 0.1) is 13.8 Å². The average Bonchev–Trinajstić information content (AvgIpc) is 2.88.